The van der Waals surface area contributed by atoms with E-state index in [0.29, 0.717) is 0 Å². The van der Waals surface area contributed by atoms with Gasteiger partial charge in [-0.1, -0.05) is 24.8 Å². The molecule has 0 amide bonds. The lowest BCUT2D eigenvalue weighted by Crippen LogP contribution is -2.39. The lowest BCUT2D eigenvalue weighted by Gasteiger charge is -2.28. The highest BCUT2D eigenvalue weighted by Gasteiger charge is 2.12. The fourth-order valence-corrected chi connectivity index (χ4v) is 1.34. The Hall–Kier alpha value is -1.02. The van der Waals surface area contributed by atoms with E-state index in [9.17, 15) is 0 Å². The number of nitrogens with one attached hydrogen (secondary N) is 1. The molecule has 0 aromatic carbocycles. The first kappa shape index (κ1) is 9.07. The van der Waals surface area contributed by atoms with Crippen LogP contribution in [0.5, 0.6) is 0 Å². The largest absolute Gasteiger partial charge is 0.372 e. The average molecular weight is 164 g/mol. The molecule has 1 heterocycles. The second-order valence-electron chi connectivity index (χ2n) is 2.98. The summed E-state index contributed by atoms with van der Waals surface area (Å²) < 4.78 is 0. The van der Waals surface area contributed by atoms with Crippen LogP contribution < -0.4 is 5.32 Å². The van der Waals surface area contributed by atoms with Crippen LogP contribution in [0.3, 0.4) is 0 Å². The van der Waals surface area contributed by atoms with Crippen LogP contribution in [-0.4, -0.2) is 25.2 Å². The normalized spacial score (nSPS) is 25.8. The predicted octanol–water partition coefficient (Wildman–Crippen LogP) is 1.50. The van der Waals surface area contributed by atoms with Crippen LogP contribution in [0.25, 0.3) is 0 Å². The maximum absolute atomic E-state index is 3.70. The van der Waals surface area contributed by atoms with Crippen molar-refractivity contribution in [3.05, 3.63) is 36.1 Å². The molecule has 1 saturated heterocycles. The quantitative estimate of drug-likeness (QED) is 0.631. The van der Waals surface area contributed by atoms with E-state index in [1.165, 1.54) is 11.3 Å². The van der Waals surface area contributed by atoms with Crippen molar-refractivity contribution < 1.29 is 0 Å². The van der Waals surface area contributed by atoms with Gasteiger partial charge in [-0.2, -0.15) is 0 Å². The highest BCUT2D eigenvalue weighted by Crippen LogP contribution is 2.12. The highest BCUT2D eigenvalue weighted by molar-refractivity contribution is 5.34. The summed E-state index contributed by atoms with van der Waals surface area (Å²) in [4.78, 5) is 2.22. The molecule has 1 rings (SSSR count). The second kappa shape index (κ2) is 4.12. The van der Waals surface area contributed by atoms with Gasteiger partial charge < -0.3 is 5.32 Å². The zero-order chi connectivity index (χ0) is 8.97. The molecule has 12 heavy (non-hydrogen) atoms. The Kier molecular flexibility index (Phi) is 3.11. The van der Waals surface area contributed by atoms with E-state index in [4.69, 9.17) is 0 Å². The minimum absolute atomic E-state index is 0.925. The molecule has 1 aliphatic heterocycles. The third-order valence-electron chi connectivity index (χ3n) is 1.93. The van der Waals surface area contributed by atoms with Gasteiger partial charge in [-0.3, -0.25) is 4.90 Å². The summed E-state index contributed by atoms with van der Waals surface area (Å²) in [6.45, 7) is 7.67. The lowest BCUT2D eigenvalue weighted by atomic mass is 10.1. The van der Waals surface area contributed by atoms with Crippen molar-refractivity contribution in [1.29, 1.82) is 0 Å². The van der Waals surface area contributed by atoms with Crippen LogP contribution in [-0.2, 0) is 0 Å². The SMILES string of the molecule is C=C/C=C1/CN(C)CN/C1=C/C. The number of hydrogen-bond acceptors (Lipinski definition) is 2. The molecular formula is C10H16N2. The molecule has 0 aliphatic carbocycles. The molecule has 0 aromatic heterocycles. The first-order valence-electron chi connectivity index (χ1n) is 4.18. The Bertz CT molecular complexity index is 226. The van der Waals surface area contributed by atoms with Gasteiger partial charge in [-0.25, -0.2) is 0 Å². The van der Waals surface area contributed by atoms with Crippen molar-refractivity contribution in [1.82, 2.24) is 10.2 Å². The number of hydrogen-bond donors (Lipinski definition) is 1. The molecule has 1 fully saturated rings. The summed E-state index contributed by atoms with van der Waals surface area (Å²) in [5, 5.41) is 3.32. The fourth-order valence-electron chi connectivity index (χ4n) is 1.34. The van der Waals surface area contributed by atoms with Crippen molar-refractivity contribution in [2.75, 3.05) is 20.3 Å². The standard InChI is InChI=1S/C10H16N2/c1-4-6-9-7-12(3)8-11-10(9)5-2/h4-6,11H,1,7-8H2,2-3H3/b9-6-,10-5+. The van der Waals surface area contributed by atoms with Crippen molar-refractivity contribution in [2.45, 2.75) is 6.92 Å². The van der Waals surface area contributed by atoms with Crippen LogP contribution in [0.2, 0.25) is 0 Å². The van der Waals surface area contributed by atoms with Gasteiger partial charge in [-0.05, 0) is 19.5 Å². The maximum Gasteiger partial charge on any atom is 0.0678 e. The Morgan fingerprint density at radius 1 is 1.58 bits per heavy atom. The van der Waals surface area contributed by atoms with Crippen LogP contribution in [0.1, 0.15) is 6.92 Å². The van der Waals surface area contributed by atoms with Gasteiger partial charge in [0.1, 0.15) is 0 Å². The van der Waals surface area contributed by atoms with Crippen LogP contribution in [0.4, 0.5) is 0 Å². The minimum atomic E-state index is 0.925. The molecular weight excluding hydrogens is 148 g/mol. The Labute approximate surface area is 74.3 Å². The van der Waals surface area contributed by atoms with E-state index < -0.39 is 0 Å². The van der Waals surface area contributed by atoms with Crippen LogP contribution in [0, 0.1) is 0 Å². The van der Waals surface area contributed by atoms with Crippen molar-refractivity contribution >= 4 is 0 Å². The maximum atomic E-state index is 3.70. The van der Waals surface area contributed by atoms with Crippen LogP contribution in [0.15, 0.2) is 36.1 Å². The van der Waals surface area contributed by atoms with E-state index >= 15 is 0 Å². The molecule has 0 bridgehead atoms. The third kappa shape index (κ3) is 1.98. The van der Waals surface area contributed by atoms with E-state index in [0.717, 1.165) is 13.2 Å². The Balaban J connectivity index is 2.78. The second-order valence-corrected chi connectivity index (χ2v) is 2.98. The van der Waals surface area contributed by atoms with Gasteiger partial charge in [0.25, 0.3) is 0 Å². The molecule has 0 atom stereocenters. The predicted molar refractivity (Wildman–Crippen MR) is 52.7 cm³/mol. The summed E-state index contributed by atoms with van der Waals surface area (Å²) >= 11 is 0. The summed E-state index contributed by atoms with van der Waals surface area (Å²) in [6, 6.07) is 0. The Morgan fingerprint density at radius 3 is 2.92 bits per heavy atom. The summed E-state index contributed by atoms with van der Waals surface area (Å²) in [7, 11) is 2.09. The number of likely N-dealkylation sites (N-methyl/N-ethyl adjacent to an activating group) is 1. The molecule has 0 unspecified atom stereocenters. The zero-order valence-corrected chi connectivity index (χ0v) is 7.80. The summed E-state index contributed by atoms with van der Waals surface area (Å²) in [5.41, 5.74) is 2.54. The number of rotatable bonds is 1. The fraction of sp³-hybridized carbons (Fsp3) is 0.400. The highest BCUT2D eigenvalue weighted by atomic mass is 15.2. The molecule has 66 valence electrons. The molecule has 0 spiro atoms. The van der Waals surface area contributed by atoms with Gasteiger partial charge in [0.15, 0.2) is 0 Å². The van der Waals surface area contributed by atoms with E-state index in [-0.39, 0.29) is 0 Å². The molecule has 1 N–H and O–H groups in total. The number of nitrogens with zero attached hydrogens (tertiary/aromatic N) is 1. The Morgan fingerprint density at radius 2 is 2.33 bits per heavy atom. The molecule has 2 nitrogen and oxygen atoms in total. The first-order chi connectivity index (χ1) is 5.77. The van der Waals surface area contributed by atoms with Gasteiger partial charge in [0.2, 0.25) is 0 Å². The molecule has 1 aliphatic rings. The topological polar surface area (TPSA) is 15.3 Å². The van der Waals surface area contributed by atoms with E-state index in [1.54, 1.807) is 0 Å². The number of allylic oxidation sites excluding steroid dienone is 3. The third-order valence-corrected chi connectivity index (χ3v) is 1.93. The zero-order valence-electron chi connectivity index (χ0n) is 7.80. The van der Waals surface area contributed by atoms with Crippen LogP contribution >= 0.6 is 0 Å². The minimum Gasteiger partial charge on any atom is -0.372 e. The summed E-state index contributed by atoms with van der Waals surface area (Å²) in [5.74, 6) is 0. The summed E-state index contributed by atoms with van der Waals surface area (Å²) in [6.07, 6.45) is 5.99. The average Bonchev–Trinajstić information content (AvgIpc) is 2.05. The first-order valence-corrected chi connectivity index (χ1v) is 4.18. The van der Waals surface area contributed by atoms with Gasteiger partial charge in [0.05, 0.1) is 6.67 Å². The molecule has 2 heteroatoms. The van der Waals surface area contributed by atoms with Gasteiger partial charge in [-0.15, -0.1) is 0 Å². The monoisotopic (exact) mass is 164 g/mol. The van der Waals surface area contributed by atoms with Crippen molar-refractivity contribution in [3.8, 4) is 0 Å². The van der Waals surface area contributed by atoms with Crippen molar-refractivity contribution in [2.24, 2.45) is 0 Å². The smallest absolute Gasteiger partial charge is 0.0678 e. The molecule has 0 saturated carbocycles. The van der Waals surface area contributed by atoms with Crippen molar-refractivity contribution in [3.63, 3.8) is 0 Å². The van der Waals surface area contributed by atoms with E-state index in [1.807, 2.05) is 13.0 Å². The van der Waals surface area contributed by atoms with E-state index in [2.05, 4.69) is 36.0 Å². The lowest BCUT2D eigenvalue weighted by molar-refractivity contribution is 0.322. The van der Waals surface area contributed by atoms with Gasteiger partial charge >= 0.3 is 0 Å². The van der Waals surface area contributed by atoms with Gasteiger partial charge in [0, 0.05) is 12.2 Å². The molecule has 0 aromatic rings. The molecule has 0 radical (unpaired) electrons.